The average Bonchev–Trinajstić information content (AvgIpc) is 2.41. The van der Waals surface area contributed by atoms with Crippen LogP contribution in [0, 0.1) is 11.8 Å². The van der Waals surface area contributed by atoms with Crippen molar-refractivity contribution >= 4 is 17.4 Å². The number of hydrogen-bond donors (Lipinski definition) is 0. The number of alkyl halides is 1. The number of Topliss-reactive ketones (excluding diaryl/α,β-unsaturated/α-hetero) is 1. The number of ketones is 1. The van der Waals surface area contributed by atoms with E-state index in [1.165, 1.54) is 0 Å². The smallest absolute Gasteiger partial charge is 0.154 e. The summed E-state index contributed by atoms with van der Waals surface area (Å²) in [6.07, 6.45) is 5.96. The van der Waals surface area contributed by atoms with E-state index in [9.17, 15) is 4.79 Å². The molecular weight excluding hydrogens is 160 g/mol. The van der Waals surface area contributed by atoms with Crippen molar-refractivity contribution < 1.29 is 4.79 Å². The molecule has 2 aliphatic rings. The predicted octanol–water partition coefficient (Wildman–Crippen LogP) is 2.15. The Kier molecular flexibility index (Phi) is 1.40. The van der Waals surface area contributed by atoms with Gasteiger partial charge < -0.3 is 0 Å². The molecule has 0 aromatic heterocycles. The molecule has 0 radical (unpaired) electrons. The van der Waals surface area contributed by atoms with Crippen LogP contribution in [0.3, 0.4) is 0 Å². The fourth-order valence-electron chi connectivity index (χ4n) is 2.16. The maximum Gasteiger partial charge on any atom is 0.154 e. The number of fused-ring (bicyclic) bond motifs is 1. The molecule has 3 atom stereocenters. The number of rotatable bonds is 0. The van der Waals surface area contributed by atoms with Gasteiger partial charge in [-0.1, -0.05) is 12.2 Å². The molecule has 0 aliphatic heterocycles. The first-order valence-electron chi connectivity index (χ1n) is 4.01. The fraction of sp³-hybridized carbons (Fsp3) is 0.667. The zero-order chi connectivity index (χ0) is 8.06. The van der Waals surface area contributed by atoms with Gasteiger partial charge in [0.15, 0.2) is 5.78 Å². The van der Waals surface area contributed by atoms with Crippen LogP contribution in [0.4, 0.5) is 0 Å². The number of allylic oxidation sites excluding steroid dienone is 2. The molecule has 1 saturated carbocycles. The Morgan fingerprint density at radius 3 is 3.09 bits per heavy atom. The molecule has 0 bridgehead atoms. The lowest BCUT2D eigenvalue weighted by atomic mass is 9.93. The predicted molar refractivity (Wildman–Crippen MR) is 44.6 cm³/mol. The van der Waals surface area contributed by atoms with Crippen LogP contribution in [-0.2, 0) is 4.79 Å². The van der Waals surface area contributed by atoms with Crippen LogP contribution in [0.2, 0.25) is 0 Å². The van der Waals surface area contributed by atoms with Crippen molar-refractivity contribution in [2.75, 3.05) is 0 Å². The van der Waals surface area contributed by atoms with Crippen molar-refractivity contribution in [3.05, 3.63) is 12.2 Å². The molecule has 1 nitrogen and oxygen atoms in total. The second-order valence-electron chi connectivity index (χ2n) is 3.65. The molecule has 60 valence electrons. The van der Waals surface area contributed by atoms with Gasteiger partial charge in [-0.15, -0.1) is 11.6 Å². The number of carbonyl (C=O) groups is 1. The van der Waals surface area contributed by atoms with Gasteiger partial charge in [-0.25, -0.2) is 0 Å². The first-order valence-corrected chi connectivity index (χ1v) is 4.39. The summed E-state index contributed by atoms with van der Waals surface area (Å²) in [5.74, 6) is 1.03. The molecule has 0 saturated heterocycles. The van der Waals surface area contributed by atoms with Gasteiger partial charge in [0.25, 0.3) is 0 Å². The van der Waals surface area contributed by atoms with Crippen LogP contribution in [0.1, 0.15) is 19.8 Å². The van der Waals surface area contributed by atoms with Crippen LogP contribution in [0.5, 0.6) is 0 Å². The molecule has 0 N–H and O–H groups in total. The van der Waals surface area contributed by atoms with Crippen molar-refractivity contribution in [2.24, 2.45) is 11.8 Å². The molecular formula is C9H11ClO. The van der Waals surface area contributed by atoms with Crippen molar-refractivity contribution in [1.29, 1.82) is 0 Å². The van der Waals surface area contributed by atoms with Gasteiger partial charge in [-0.2, -0.15) is 0 Å². The summed E-state index contributed by atoms with van der Waals surface area (Å²) in [4.78, 5) is 10.7. The van der Waals surface area contributed by atoms with E-state index in [-0.39, 0.29) is 5.78 Å². The van der Waals surface area contributed by atoms with E-state index in [2.05, 4.69) is 12.2 Å². The summed E-state index contributed by atoms with van der Waals surface area (Å²) in [6, 6.07) is 0. The van der Waals surface area contributed by atoms with Gasteiger partial charge in [-0.3, -0.25) is 4.79 Å². The largest absolute Gasteiger partial charge is 0.298 e. The Hall–Kier alpha value is -0.300. The Morgan fingerprint density at radius 1 is 1.73 bits per heavy atom. The highest BCUT2D eigenvalue weighted by Crippen LogP contribution is 2.47. The van der Waals surface area contributed by atoms with Crippen molar-refractivity contribution in [1.82, 2.24) is 0 Å². The third-order valence-electron chi connectivity index (χ3n) is 2.91. The second-order valence-corrected chi connectivity index (χ2v) is 4.44. The summed E-state index contributed by atoms with van der Waals surface area (Å²) in [5, 5.41) is 0. The van der Waals surface area contributed by atoms with Crippen molar-refractivity contribution in [3.63, 3.8) is 0 Å². The molecule has 11 heavy (non-hydrogen) atoms. The molecule has 0 spiro atoms. The molecule has 2 heteroatoms. The van der Waals surface area contributed by atoms with Gasteiger partial charge >= 0.3 is 0 Å². The summed E-state index contributed by atoms with van der Waals surface area (Å²) < 4.78 is 0. The number of hydrogen-bond acceptors (Lipinski definition) is 1. The monoisotopic (exact) mass is 170 g/mol. The minimum atomic E-state index is -0.600. The van der Waals surface area contributed by atoms with Crippen LogP contribution < -0.4 is 0 Å². The summed E-state index contributed by atoms with van der Waals surface area (Å²) in [7, 11) is 0. The van der Waals surface area contributed by atoms with Crippen molar-refractivity contribution in [3.8, 4) is 0 Å². The minimum Gasteiger partial charge on any atom is -0.298 e. The van der Waals surface area contributed by atoms with E-state index in [1.54, 1.807) is 0 Å². The molecule has 2 aliphatic carbocycles. The highest BCUT2D eigenvalue weighted by molar-refractivity contribution is 6.36. The molecule has 0 unspecified atom stereocenters. The van der Waals surface area contributed by atoms with Gasteiger partial charge in [0.05, 0.1) is 0 Å². The quantitative estimate of drug-likeness (QED) is 0.402. The molecule has 0 aromatic rings. The van der Waals surface area contributed by atoms with Gasteiger partial charge in [0, 0.05) is 12.3 Å². The first-order chi connectivity index (χ1) is 5.12. The lowest BCUT2D eigenvalue weighted by Crippen LogP contribution is -2.29. The average molecular weight is 171 g/mol. The van der Waals surface area contributed by atoms with Crippen LogP contribution in [0.25, 0.3) is 0 Å². The standard InChI is InChI=1S/C9H11ClO/c1-9(10)7-4-2-3-6(7)5-8(9)11/h2,4,6-7H,3,5H2,1H3/t6-,7-,9+/m1/s1. The Labute approximate surface area is 71.4 Å². The Morgan fingerprint density at radius 2 is 2.45 bits per heavy atom. The summed E-state index contributed by atoms with van der Waals surface area (Å²) in [5.41, 5.74) is 0. The van der Waals surface area contributed by atoms with Crippen LogP contribution in [-0.4, -0.2) is 10.7 Å². The third kappa shape index (κ3) is 0.871. The van der Waals surface area contributed by atoms with Gasteiger partial charge in [0.2, 0.25) is 0 Å². The van der Waals surface area contributed by atoms with E-state index < -0.39 is 4.87 Å². The zero-order valence-electron chi connectivity index (χ0n) is 6.51. The lowest BCUT2D eigenvalue weighted by Gasteiger charge is -2.19. The Balaban J connectivity index is 2.34. The van der Waals surface area contributed by atoms with E-state index >= 15 is 0 Å². The number of halogens is 1. The van der Waals surface area contributed by atoms with E-state index in [4.69, 9.17) is 11.6 Å². The number of carbonyl (C=O) groups excluding carboxylic acids is 1. The molecule has 1 fully saturated rings. The third-order valence-corrected chi connectivity index (χ3v) is 3.37. The van der Waals surface area contributed by atoms with E-state index in [1.807, 2.05) is 6.92 Å². The van der Waals surface area contributed by atoms with Crippen LogP contribution >= 0.6 is 11.6 Å². The molecule has 0 aromatic carbocycles. The normalized spacial score (nSPS) is 48.4. The molecule has 0 heterocycles. The molecule has 0 amide bonds. The second kappa shape index (κ2) is 2.10. The van der Waals surface area contributed by atoms with Crippen molar-refractivity contribution in [2.45, 2.75) is 24.6 Å². The SMILES string of the molecule is C[C@@]1(Cl)C(=O)C[C@H]2CC=C[C@H]21. The zero-order valence-corrected chi connectivity index (χ0v) is 7.27. The van der Waals surface area contributed by atoms with Crippen LogP contribution in [0.15, 0.2) is 12.2 Å². The van der Waals surface area contributed by atoms with E-state index in [0.29, 0.717) is 18.3 Å². The Bertz CT molecular complexity index is 230. The topological polar surface area (TPSA) is 17.1 Å². The maximum absolute atomic E-state index is 11.3. The maximum atomic E-state index is 11.3. The van der Waals surface area contributed by atoms with E-state index in [0.717, 1.165) is 6.42 Å². The summed E-state index contributed by atoms with van der Waals surface area (Å²) >= 11 is 6.12. The highest BCUT2D eigenvalue weighted by atomic mass is 35.5. The fourth-order valence-corrected chi connectivity index (χ4v) is 2.49. The summed E-state index contributed by atoms with van der Waals surface area (Å²) in [6.45, 7) is 1.84. The van der Waals surface area contributed by atoms with Gasteiger partial charge in [0.1, 0.15) is 4.87 Å². The van der Waals surface area contributed by atoms with Gasteiger partial charge in [-0.05, 0) is 19.3 Å². The minimum absolute atomic E-state index is 0.221. The molecule has 2 rings (SSSR count). The highest BCUT2D eigenvalue weighted by Gasteiger charge is 2.50. The first kappa shape index (κ1) is 7.35. The lowest BCUT2D eigenvalue weighted by molar-refractivity contribution is -0.119.